The van der Waals surface area contributed by atoms with Crippen LogP contribution >= 0.6 is 0 Å². The van der Waals surface area contributed by atoms with Crippen molar-refractivity contribution in [2.24, 2.45) is 5.73 Å². The number of pyridine rings is 1. The van der Waals surface area contributed by atoms with Crippen LogP contribution in [0.5, 0.6) is 11.5 Å². The first-order valence-electron chi connectivity index (χ1n) is 13.9. The Morgan fingerprint density at radius 3 is 2.52 bits per heavy atom. The number of ether oxygens (including phenoxy) is 2. The van der Waals surface area contributed by atoms with Crippen molar-refractivity contribution in [3.05, 3.63) is 53.0 Å². The van der Waals surface area contributed by atoms with Gasteiger partial charge in [0.1, 0.15) is 17.0 Å². The first kappa shape index (κ1) is 31.2. The van der Waals surface area contributed by atoms with E-state index in [2.05, 4.69) is 15.4 Å². The number of nitrogens with one attached hydrogen (secondary N) is 1. The van der Waals surface area contributed by atoms with Crippen LogP contribution in [0.1, 0.15) is 77.2 Å². The second-order valence-corrected chi connectivity index (χ2v) is 10.8. The molecule has 1 atom stereocenters. The zero-order chi connectivity index (χ0) is 32.0. The Kier molecular flexibility index (Phi) is 8.03. The third-order valence-corrected chi connectivity index (χ3v) is 7.63. The number of primary amides is 1. The minimum Gasteiger partial charge on any atom is -0.494 e. The molecule has 0 spiro atoms. The van der Waals surface area contributed by atoms with Crippen molar-refractivity contribution in [2.45, 2.75) is 62.8 Å². The molecule has 236 valence electrons. The number of allylic oxidation sites excluding steroid dienone is 2. The minimum atomic E-state index is -5.42. The maximum absolute atomic E-state index is 14.6. The number of amides is 2. The Morgan fingerprint density at radius 1 is 1.23 bits per heavy atom. The summed E-state index contributed by atoms with van der Waals surface area (Å²) in [7, 11) is 1.36. The molecule has 2 heterocycles. The predicted octanol–water partition coefficient (Wildman–Crippen LogP) is 4.65. The predicted molar refractivity (Wildman–Crippen MR) is 148 cm³/mol. The van der Waals surface area contributed by atoms with Gasteiger partial charge in [0.15, 0.2) is 5.75 Å². The van der Waals surface area contributed by atoms with E-state index in [1.807, 2.05) is 0 Å². The van der Waals surface area contributed by atoms with E-state index < -0.39 is 60.2 Å². The van der Waals surface area contributed by atoms with Crippen LogP contribution in [0.2, 0.25) is 0 Å². The van der Waals surface area contributed by atoms with Gasteiger partial charge in [0.2, 0.25) is 5.60 Å². The van der Waals surface area contributed by atoms with Gasteiger partial charge in [-0.05, 0) is 50.0 Å². The largest absolute Gasteiger partial charge is 0.494 e. The maximum atomic E-state index is 14.6. The summed E-state index contributed by atoms with van der Waals surface area (Å²) < 4.78 is 84.0. The van der Waals surface area contributed by atoms with E-state index in [-0.39, 0.29) is 47.4 Å². The molecule has 0 aliphatic heterocycles. The summed E-state index contributed by atoms with van der Waals surface area (Å²) in [6.45, 7) is 0.0776. The SMILES string of the molecule is CCOc1c(C(N)=O)cc([C@](O)(CNC(=O)c2cc(OC)c3nn(C4CC4)cc3c2)C(F)(F)F)nc1C1=CCC(F)(F)CC1. The third kappa shape index (κ3) is 5.92. The number of carbonyl (C=O) groups is 2. The fourth-order valence-corrected chi connectivity index (χ4v) is 5.03. The number of aromatic nitrogens is 3. The zero-order valence-electron chi connectivity index (χ0n) is 23.8. The Balaban J connectivity index is 1.53. The molecule has 1 fully saturated rings. The third-order valence-electron chi connectivity index (χ3n) is 7.63. The van der Waals surface area contributed by atoms with E-state index in [9.17, 15) is 36.6 Å². The number of fused-ring (bicyclic) bond motifs is 1. The zero-order valence-corrected chi connectivity index (χ0v) is 23.8. The molecule has 1 aromatic carbocycles. The lowest BCUT2D eigenvalue weighted by Crippen LogP contribution is -2.51. The lowest BCUT2D eigenvalue weighted by atomic mass is 9.90. The second kappa shape index (κ2) is 11.3. The molecule has 10 nitrogen and oxygen atoms in total. The van der Waals surface area contributed by atoms with Crippen molar-refractivity contribution < 1.29 is 46.1 Å². The molecule has 0 saturated heterocycles. The van der Waals surface area contributed by atoms with Gasteiger partial charge in [-0.1, -0.05) is 6.08 Å². The summed E-state index contributed by atoms with van der Waals surface area (Å²) in [6, 6.07) is 3.62. The maximum Gasteiger partial charge on any atom is 0.424 e. The number of benzene rings is 1. The molecule has 1 saturated carbocycles. The molecule has 5 rings (SSSR count). The van der Waals surface area contributed by atoms with Gasteiger partial charge in [-0.3, -0.25) is 14.3 Å². The second-order valence-electron chi connectivity index (χ2n) is 10.8. The smallest absolute Gasteiger partial charge is 0.424 e. The van der Waals surface area contributed by atoms with Gasteiger partial charge in [-0.25, -0.2) is 13.8 Å². The molecule has 2 aliphatic carbocycles. The lowest BCUT2D eigenvalue weighted by molar-refractivity contribution is -0.265. The first-order valence-corrected chi connectivity index (χ1v) is 13.9. The number of hydrogen-bond acceptors (Lipinski definition) is 7. The van der Waals surface area contributed by atoms with Crippen molar-refractivity contribution in [3.8, 4) is 11.5 Å². The van der Waals surface area contributed by atoms with Crippen LogP contribution in [0.4, 0.5) is 22.0 Å². The van der Waals surface area contributed by atoms with E-state index in [0.717, 1.165) is 18.9 Å². The van der Waals surface area contributed by atoms with E-state index in [1.165, 1.54) is 26.2 Å². The number of rotatable bonds is 10. The number of halogens is 5. The fraction of sp³-hybridized carbons (Fsp3) is 0.448. The van der Waals surface area contributed by atoms with E-state index in [1.54, 1.807) is 10.9 Å². The van der Waals surface area contributed by atoms with E-state index in [4.69, 9.17) is 15.2 Å². The van der Waals surface area contributed by atoms with Crippen molar-refractivity contribution in [1.82, 2.24) is 20.1 Å². The van der Waals surface area contributed by atoms with Crippen molar-refractivity contribution >= 4 is 28.3 Å². The van der Waals surface area contributed by atoms with Crippen LogP contribution in [0.3, 0.4) is 0 Å². The standard InChI is InChI=1S/C29H30F5N5O5/c1-3-44-24-19(25(35)40)12-21(37-23(24)15-6-8-27(30,31)9-7-15)28(42,29(32,33)34)14-36-26(41)16-10-17-13-39(18-4-5-18)38-22(17)20(11-16)43-2/h6,10-13,18,42H,3-5,7-9,14H2,1-2H3,(H2,35,40)(H,36,41)/t28-/m1/s1. The molecule has 44 heavy (non-hydrogen) atoms. The van der Waals surface area contributed by atoms with Crippen LogP contribution in [-0.4, -0.2) is 64.0 Å². The van der Waals surface area contributed by atoms with Crippen LogP contribution in [0.25, 0.3) is 16.5 Å². The lowest BCUT2D eigenvalue weighted by Gasteiger charge is -2.31. The highest BCUT2D eigenvalue weighted by Gasteiger charge is 2.57. The van der Waals surface area contributed by atoms with Gasteiger partial charge >= 0.3 is 6.18 Å². The van der Waals surface area contributed by atoms with Gasteiger partial charge in [-0.2, -0.15) is 18.3 Å². The first-order chi connectivity index (χ1) is 20.7. The summed E-state index contributed by atoms with van der Waals surface area (Å²) in [5, 5.41) is 18.2. The average molecular weight is 624 g/mol. The quantitative estimate of drug-likeness (QED) is 0.279. The summed E-state index contributed by atoms with van der Waals surface area (Å²) in [6.07, 6.45) is -2.33. The Labute approximate surface area is 248 Å². The summed E-state index contributed by atoms with van der Waals surface area (Å²) in [5.74, 6) is -5.25. The summed E-state index contributed by atoms with van der Waals surface area (Å²) in [4.78, 5) is 29.5. The molecule has 15 heteroatoms. The van der Waals surface area contributed by atoms with Gasteiger partial charge in [0.25, 0.3) is 17.7 Å². The minimum absolute atomic E-state index is 0.0509. The molecule has 0 radical (unpaired) electrons. The number of nitrogens with zero attached hydrogens (tertiary/aromatic N) is 3. The number of methoxy groups -OCH3 is 1. The average Bonchev–Trinajstić information content (AvgIpc) is 3.73. The normalized spacial score (nSPS) is 18.0. The number of carbonyl (C=O) groups excluding carboxylic acids is 2. The fourth-order valence-electron chi connectivity index (χ4n) is 5.03. The van der Waals surface area contributed by atoms with Crippen molar-refractivity contribution in [3.63, 3.8) is 0 Å². The number of aliphatic hydroxyl groups is 1. The van der Waals surface area contributed by atoms with Crippen molar-refractivity contribution in [1.29, 1.82) is 0 Å². The van der Waals surface area contributed by atoms with E-state index in [0.29, 0.717) is 17.0 Å². The highest BCUT2D eigenvalue weighted by Crippen LogP contribution is 2.44. The Hall–Kier alpha value is -4.27. The highest BCUT2D eigenvalue weighted by atomic mass is 19.4. The number of alkyl halides is 5. The molecule has 2 aliphatic rings. The highest BCUT2D eigenvalue weighted by molar-refractivity contribution is 6.00. The van der Waals surface area contributed by atoms with Crippen LogP contribution in [0, 0.1) is 0 Å². The van der Waals surface area contributed by atoms with Crippen LogP contribution in [-0.2, 0) is 5.60 Å². The number of nitrogens with two attached hydrogens (primary N) is 1. The number of hydrogen-bond donors (Lipinski definition) is 3. The van der Waals surface area contributed by atoms with Gasteiger partial charge < -0.3 is 25.6 Å². The molecule has 4 N–H and O–H groups in total. The monoisotopic (exact) mass is 623 g/mol. The Morgan fingerprint density at radius 2 is 1.95 bits per heavy atom. The molecule has 2 amide bonds. The summed E-state index contributed by atoms with van der Waals surface area (Å²) in [5.41, 5.74) is 0.221. The molecular weight excluding hydrogens is 593 g/mol. The molecule has 0 bridgehead atoms. The molecule has 2 aromatic heterocycles. The van der Waals surface area contributed by atoms with Gasteiger partial charge in [0, 0.05) is 30.0 Å². The molecule has 0 unspecified atom stereocenters. The topological polar surface area (TPSA) is 142 Å². The van der Waals surface area contributed by atoms with Gasteiger partial charge in [-0.15, -0.1) is 0 Å². The van der Waals surface area contributed by atoms with Crippen molar-refractivity contribution in [2.75, 3.05) is 20.3 Å². The summed E-state index contributed by atoms with van der Waals surface area (Å²) >= 11 is 0. The molecule has 3 aromatic rings. The Bertz CT molecular complexity index is 1650. The van der Waals surface area contributed by atoms with Crippen LogP contribution in [0.15, 0.2) is 30.5 Å². The molecular formula is C29H30F5N5O5. The van der Waals surface area contributed by atoms with E-state index >= 15 is 0 Å². The van der Waals surface area contributed by atoms with Crippen LogP contribution < -0.4 is 20.5 Å². The van der Waals surface area contributed by atoms with Gasteiger partial charge in [0.05, 0.1) is 37.6 Å².